The summed E-state index contributed by atoms with van der Waals surface area (Å²) in [4.78, 5) is 22.8. The molecule has 0 saturated carbocycles. The van der Waals surface area contributed by atoms with Crippen LogP contribution in [0.4, 0.5) is 11.4 Å². The number of rotatable bonds is 9. The fourth-order valence-corrected chi connectivity index (χ4v) is 4.00. The van der Waals surface area contributed by atoms with E-state index in [-0.39, 0.29) is 29.7 Å². The van der Waals surface area contributed by atoms with Gasteiger partial charge in [-0.1, -0.05) is 48.2 Å². The van der Waals surface area contributed by atoms with Crippen LogP contribution in [0.1, 0.15) is 5.82 Å². The van der Waals surface area contributed by atoms with Crippen molar-refractivity contribution >= 4 is 39.8 Å². The van der Waals surface area contributed by atoms with Crippen LogP contribution in [-0.2, 0) is 18.4 Å². The van der Waals surface area contributed by atoms with E-state index >= 15 is 0 Å². The van der Waals surface area contributed by atoms with E-state index in [0.29, 0.717) is 16.7 Å². The topological polar surface area (TPSA) is 121 Å². The summed E-state index contributed by atoms with van der Waals surface area (Å²) in [5.41, 5.74) is 0.224. The number of benzene rings is 3. The van der Waals surface area contributed by atoms with Crippen molar-refractivity contribution in [3.63, 3.8) is 0 Å². The number of nitro benzene ring substituents is 1. The molecule has 34 heavy (non-hydrogen) atoms. The van der Waals surface area contributed by atoms with Gasteiger partial charge >= 0.3 is 0 Å². The molecule has 3 aromatic carbocycles. The molecule has 10 nitrogen and oxygen atoms in total. The van der Waals surface area contributed by atoms with Crippen molar-refractivity contribution in [2.45, 2.75) is 11.8 Å². The van der Waals surface area contributed by atoms with E-state index < -0.39 is 4.92 Å². The number of nitro groups is 1. The van der Waals surface area contributed by atoms with Gasteiger partial charge in [-0.15, -0.1) is 10.2 Å². The highest BCUT2D eigenvalue weighted by atomic mass is 32.2. The van der Waals surface area contributed by atoms with Gasteiger partial charge in [-0.25, -0.2) is 0 Å². The maximum absolute atomic E-state index is 12.4. The quantitative estimate of drug-likeness (QED) is 0.215. The van der Waals surface area contributed by atoms with Crippen molar-refractivity contribution in [2.75, 3.05) is 18.2 Å². The third-order valence-corrected chi connectivity index (χ3v) is 6.05. The van der Waals surface area contributed by atoms with Crippen molar-refractivity contribution in [1.29, 1.82) is 0 Å². The van der Waals surface area contributed by atoms with Gasteiger partial charge in [-0.05, 0) is 17.5 Å². The van der Waals surface area contributed by atoms with Crippen LogP contribution in [0.2, 0.25) is 0 Å². The summed E-state index contributed by atoms with van der Waals surface area (Å²) in [5, 5.41) is 24.6. The lowest BCUT2D eigenvalue weighted by Gasteiger charge is -2.10. The third-order valence-electron chi connectivity index (χ3n) is 5.03. The molecule has 1 N–H and O–H groups in total. The normalized spacial score (nSPS) is 10.8. The zero-order valence-electron chi connectivity index (χ0n) is 18.4. The van der Waals surface area contributed by atoms with Crippen molar-refractivity contribution in [3.05, 3.63) is 76.6 Å². The molecule has 0 bridgehead atoms. The number of anilines is 1. The molecule has 174 valence electrons. The molecule has 0 aliphatic heterocycles. The zero-order valence-corrected chi connectivity index (χ0v) is 19.2. The molecule has 0 radical (unpaired) electrons. The molecular weight excluding hydrogens is 458 g/mol. The van der Waals surface area contributed by atoms with E-state index in [1.807, 2.05) is 42.5 Å². The molecule has 0 saturated heterocycles. The second kappa shape index (κ2) is 10.2. The second-order valence-corrected chi connectivity index (χ2v) is 8.14. The number of hydrogen-bond donors (Lipinski definition) is 1. The minimum atomic E-state index is -0.528. The predicted octanol–water partition coefficient (Wildman–Crippen LogP) is 4.19. The summed E-state index contributed by atoms with van der Waals surface area (Å²) in [6.45, 7) is 0.226. The Morgan fingerprint density at radius 2 is 1.91 bits per heavy atom. The Balaban J connectivity index is 1.36. The Bertz CT molecular complexity index is 1350. The largest absolute Gasteiger partial charge is 0.494 e. The molecule has 11 heteroatoms. The zero-order chi connectivity index (χ0) is 24.1. The van der Waals surface area contributed by atoms with Gasteiger partial charge in [0.1, 0.15) is 18.1 Å². The minimum Gasteiger partial charge on any atom is -0.494 e. The fourth-order valence-electron chi connectivity index (χ4n) is 3.27. The summed E-state index contributed by atoms with van der Waals surface area (Å²) >= 11 is 1.21. The Morgan fingerprint density at radius 1 is 1.12 bits per heavy atom. The van der Waals surface area contributed by atoms with Crippen LogP contribution in [0.25, 0.3) is 10.8 Å². The number of thioether (sulfide) groups is 1. The first kappa shape index (κ1) is 23.1. The molecule has 1 amide bonds. The lowest BCUT2D eigenvalue weighted by Crippen LogP contribution is -2.15. The van der Waals surface area contributed by atoms with Gasteiger partial charge in [0.25, 0.3) is 5.69 Å². The van der Waals surface area contributed by atoms with E-state index in [0.717, 1.165) is 16.5 Å². The van der Waals surface area contributed by atoms with Crippen molar-refractivity contribution < 1.29 is 19.2 Å². The monoisotopic (exact) mass is 479 g/mol. The summed E-state index contributed by atoms with van der Waals surface area (Å²) in [7, 11) is 3.19. The number of methoxy groups -OCH3 is 1. The average molecular weight is 480 g/mol. The highest BCUT2D eigenvalue weighted by molar-refractivity contribution is 7.99. The van der Waals surface area contributed by atoms with Crippen LogP contribution in [0, 0.1) is 10.1 Å². The van der Waals surface area contributed by atoms with Crippen LogP contribution in [0.15, 0.2) is 65.8 Å². The number of nitrogens with one attached hydrogen (secondary N) is 1. The molecule has 0 atom stereocenters. The van der Waals surface area contributed by atoms with E-state index in [9.17, 15) is 14.9 Å². The van der Waals surface area contributed by atoms with E-state index in [2.05, 4.69) is 15.5 Å². The third kappa shape index (κ3) is 5.09. The highest BCUT2D eigenvalue weighted by Gasteiger charge is 2.16. The van der Waals surface area contributed by atoms with E-state index in [1.54, 1.807) is 11.6 Å². The Labute approximate surface area is 199 Å². The van der Waals surface area contributed by atoms with Gasteiger partial charge in [0.2, 0.25) is 5.91 Å². The molecule has 0 aliphatic rings. The molecule has 1 aromatic heterocycles. The van der Waals surface area contributed by atoms with Gasteiger partial charge in [-0.2, -0.15) is 0 Å². The Hall–Kier alpha value is -4.12. The van der Waals surface area contributed by atoms with Gasteiger partial charge in [0.05, 0.1) is 29.5 Å². The van der Waals surface area contributed by atoms with E-state index in [4.69, 9.17) is 9.47 Å². The number of hydrogen-bond acceptors (Lipinski definition) is 8. The standard InChI is InChI=1S/C23H21N5O5S/c1-27-21(13-33-19-9-5-7-15-6-3-4-8-17(15)19)25-26-23(27)34-14-22(29)24-18-11-10-16(28(30)31)12-20(18)32-2/h3-12H,13-14H2,1-2H3,(H,24,29). The van der Waals surface area contributed by atoms with Crippen LogP contribution >= 0.6 is 11.8 Å². The Kier molecular flexibility index (Phi) is 6.93. The number of amides is 1. The predicted molar refractivity (Wildman–Crippen MR) is 128 cm³/mol. The molecule has 0 aliphatic carbocycles. The van der Waals surface area contributed by atoms with Gasteiger partial charge in [0.15, 0.2) is 11.0 Å². The lowest BCUT2D eigenvalue weighted by molar-refractivity contribution is -0.384. The summed E-state index contributed by atoms with van der Waals surface area (Å²) in [6, 6.07) is 17.8. The van der Waals surface area contributed by atoms with Gasteiger partial charge in [-0.3, -0.25) is 14.9 Å². The van der Waals surface area contributed by atoms with Gasteiger partial charge < -0.3 is 19.4 Å². The fraction of sp³-hybridized carbons (Fsp3) is 0.174. The number of nitrogens with zero attached hydrogens (tertiary/aromatic N) is 4. The van der Waals surface area contributed by atoms with Crippen molar-refractivity contribution in [2.24, 2.45) is 7.05 Å². The van der Waals surface area contributed by atoms with E-state index in [1.165, 1.54) is 37.1 Å². The van der Waals surface area contributed by atoms with Crippen LogP contribution < -0.4 is 14.8 Å². The maximum Gasteiger partial charge on any atom is 0.273 e. The first-order chi connectivity index (χ1) is 16.5. The summed E-state index contributed by atoms with van der Waals surface area (Å²) in [6.07, 6.45) is 0. The smallest absolute Gasteiger partial charge is 0.273 e. The molecule has 4 aromatic rings. The molecular formula is C23H21N5O5S. The van der Waals surface area contributed by atoms with Crippen molar-refractivity contribution in [3.8, 4) is 11.5 Å². The number of carbonyl (C=O) groups is 1. The minimum absolute atomic E-state index is 0.0658. The first-order valence-electron chi connectivity index (χ1n) is 10.2. The first-order valence-corrected chi connectivity index (χ1v) is 11.2. The van der Waals surface area contributed by atoms with Gasteiger partial charge in [0, 0.05) is 18.5 Å². The summed E-state index contributed by atoms with van der Waals surface area (Å²) in [5.74, 6) is 1.34. The molecule has 0 unspecified atom stereocenters. The molecule has 0 fully saturated rings. The lowest BCUT2D eigenvalue weighted by atomic mass is 10.1. The molecule has 0 spiro atoms. The number of carbonyl (C=O) groups excluding carboxylic acids is 1. The summed E-state index contributed by atoms with van der Waals surface area (Å²) < 4.78 is 12.9. The number of ether oxygens (including phenoxy) is 2. The van der Waals surface area contributed by atoms with Crippen LogP contribution in [-0.4, -0.2) is 38.5 Å². The average Bonchev–Trinajstić information content (AvgIpc) is 3.20. The number of non-ortho nitro benzene ring substituents is 1. The Morgan fingerprint density at radius 3 is 2.71 bits per heavy atom. The van der Waals surface area contributed by atoms with Crippen LogP contribution in [0.5, 0.6) is 11.5 Å². The maximum atomic E-state index is 12.4. The second-order valence-electron chi connectivity index (χ2n) is 7.20. The number of fused-ring (bicyclic) bond motifs is 1. The molecule has 4 rings (SSSR count). The van der Waals surface area contributed by atoms with Crippen molar-refractivity contribution in [1.82, 2.24) is 14.8 Å². The molecule has 1 heterocycles. The number of aromatic nitrogens is 3. The SMILES string of the molecule is COc1cc([N+](=O)[O-])ccc1NC(=O)CSc1nnc(COc2cccc3ccccc23)n1C. The highest BCUT2D eigenvalue weighted by Crippen LogP contribution is 2.29. The van der Waals surface area contributed by atoms with Crippen LogP contribution in [0.3, 0.4) is 0 Å².